The Morgan fingerprint density at radius 3 is 2.45 bits per heavy atom. The van der Waals surface area contributed by atoms with E-state index in [0.717, 1.165) is 6.07 Å². The minimum absolute atomic E-state index is 0.0653. The van der Waals surface area contributed by atoms with Crippen molar-refractivity contribution in [3.63, 3.8) is 0 Å². The van der Waals surface area contributed by atoms with Crippen molar-refractivity contribution in [2.75, 3.05) is 11.9 Å². The van der Waals surface area contributed by atoms with E-state index < -0.39 is 22.8 Å². The highest BCUT2D eigenvalue weighted by Gasteiger charge is 2.33. The molecule has 1 heterocycles. The van der Waals surface area contributed by atoms with Gasteiger partial charge in [0.2, 0.25) is 5.28 Å². The zero-order chi connectivity index (χ0) is 15.6. The van der Waals surface area contributed by atoms with Gasteiger partial charge in [0.05, 0.1) is 5.60 Å². The molecule has 0 aromatic carbocycles. The molecule has 1 atom stereocenters. The van der Waals surface area contributed by atoms with E-state index in [2.05, 4.69) is 15.3 Å². The van der Waals surface area contributed by atoms with Crippen LogP contribution in [0.5, 0.6) is 0 Å². The average molecular weight is 312 g/mol. The lowest BCUT2D eigenvalue weighted by Crippen LogP contribution is -2.35. The summed E-state index contributed by atoms with van der Waals surface area (Å²) in [6, 6.07) is 0.761. The van der Waals surface area contributed by atoms with Gasteiger partial charge < -0.3 is 10.4 Å². The zero-order valence-corrected chi connectivity index (χ0v) is 12.2. The first kappa shape index (κ1) is 17.0. The van der Waals surface area contributed by atoms with Gasteiger partial charge in [0.25, 0.3) is 0 Å². The Balaban J connectivity index is 2.81. The monoisotopic (exact) mass is 311 g/mol. The summed E-state index contributed by atoms with van der Waals surface area (Å²) in [5.74, 6) is 0.188. The summed E-state index contributed by atoms with van der Waals surface area (Å²) in [6.07, 6.45) is -4.09. The summed E-state index contributed by atoms with van der Waals surface area (Å²) < 4.78 is 37.7. The molecule has 0 saturated heterocycles. The van der Waals surface area contributed by atoms with Crippen LogP contribution in [0.15, 0.2) is 6.07 Å². The lowest BCUT2D eigenvalue weighted by atomic mass is 9.94. The van der Waals surface area contributed by atoms with Crippen LogP contribution in [0.2, 0.25) is 5.28 Å². The van der Waals surface area contributed by atoms with Gasteiger partial charge in [-0.05, 0) is 30.9 Å². The van der Waals surface area contributed by atoms with E-state index in [1.807, 2.05) is 13.8 Å². The standard InChI is InChI=1S/C12H17ClF3N3O/c1-7(2)5-11(3,20)6-17-9-4-8(12(14,15)16)18-10(13)19-9/h4,7,20H,5-6H2,1-3H3,(H,17,18,19). The Bertz CT molecular complexity index is 464. The maximum absolute atomic E-state index is 12.6. The zero-order valence-electron chi connectivity index (χ0n) is 11.4. The maximum Gasteiger partial charge on any atom is 0.433 e. The fraction of sp³-hybridized carbons (Fsp3) is 0.667. The summed E-state index contributed by atoms with van der Waals surface area (Å²) in [5, 5.41) is 12.2. The number of halogens is 4. The van der Waals surface area contributed by atoms with Crippen molar-refractivity contribution in [3.8, 4) is 0 Å². The fourth-order valence-corrected chi connectivity index (χ4v) is 2.07. The molecule has 1 aromatic rings. The third kappa shape index (κ3) is 5.50. The van der Waals surface area contributed by atoms with Gasteiger partial charge in [-0.3, -0.25) is 0 Å². The molecular weight excluding hydrogens is 295 g/mol. The molecule has 2 N–H and O–H groups in total. The molecule has 114 valence electrons. The van der Waals surface area contributed by atoms with E-state index in [0.29, 0.717) is 6.42 Å². The van der Waals surface area contributed by atoms with Crippen LogP contribution in [0.3, 0.4) is 0 Å². The van der Waals surface area contributed by atoms with Crippen LogP contribution in [0, 0.1) is 5.92 Å². The molecule has 1 rings (SSSR count). The second-order valence-electron chi connectivity index (χ2n) is 5.35. The van der Waals surface area contributed by atoms with Gasteiger partial charge in [0.1, 0.15) is 5.82 Å². The van der Waals surface area contributed by atoms with Gasteiger partial charge in [-0.2, -0.15) is 13.2 Å². The highest BCUT2D eigenvalue weighted by atomic mass is 35.5. The number of aliphatic hydroxyl groups is 1. The van der Waals surface area contributed by atoms with E-state index in [4.69, 9.17) is 11.6 Å². The molecule has 0 bridgehead atoms. The molecule has 0 aliphatic rings. The summed E-state index contributed by atoms with van der Waals surface area (Å²) in [4.78, 5) is 6.79. The molecule has 0 aliphatic heterocycles. The highest BCUT2D eigenvalue weighted by molar-refractivity contribution is 6.28. The number of nitrogens with one attached hydrogen (secondary N) is 1. The molecule has 0 radical (unpaired) electrons. The highest BCUT2D eigenvalue weighted by Crippen LogP contribution is 2.29. The quantitative estimate of drug-likeness (QED) is 0.819. The second kappa shape index (κ2) is 6.13. The molecule has 4 nitrogen and oxygen atoms in total. The molecule has 0 aliphatic carbocycles. The van der Waals surface area contributed by atoms with E-state index in [1.54, 1.807) is 6.92 Å². The summed E-state index contributed by atoms with van der Waals surface area (Å²) in [7, 11) is 0. The molecule has 1 unspecified atom stereocenters. The maximum atomic E-state index is 12.6. The topological polar surface area (TPSA) is 58.0 Å². The number of aromatic nitrogens is 2. The van der Waals surface area contributed by atoms with Crippen LogP contribution in [-0.2, 0) is 6.18 Å². The van der Waals surface area contributed by atoms with Crippen LogP contribution in [0.4, 0.5) is 19.0 Å². The first-order valence-electron chi connectivity index (χ1n) is 6.07. The van der Waals surface area contributed by atoms with Crippen molar-refractivity contribution in [2.24, 2.45) is 5.92 Å². The van der Waals surface area contributed by atoms with Gasteiger partial charge in [0.15, 0.2) is 5.69 Å². The largest absolute Gasteiger partial charge is 0.433 e. The van der Waals surface area contributed by atoms with Crippen molar-refractivity contribution >= 4 is 17.4 Å². The Kier molecular flexibility index (Phi) is 5.21. The van der Waals surface area contributed by atoms with Gasteiger partial charge in [-0.15, -0.1) is 0 Å². The van der Waals surface area contributed by atoms with Crippen molar-refractivity contribution < 1.29 is 18.3 Å². The lowest BCUT2D eigenvalue weighted by molar-refractivity contribution is -0.141. The number of hydrogen-bond donors (Lipinski definition) is 2. The number of rotatable bonds is 5. The van der Waals surface area contributed by atoms with Crippen molar-refractivity contribution in [2.45, 2.75) is 39.0 Å². The van der Waals surface area contributed by atoms with E-state index in [9.17, 15) is 18.3 Å². The Morgan fingerprint density at radius 2 is 1.95 bits per heavy atom. The number of hydrogen-bond acceptors (Lipinski definition) is 4. The predicted molar refractivity (Wildman–Crippen MR) is 70.6 cm³/mol. The van der Waals surface area contributed by atoms with Gasteiger partial charge >= 0.3 is 6.18 Å². The molecule has 20 heavy (non-hydrogen) atoms. The molecule has 0 spiro atoms. The number of nitrogens with zero attached hydrogens (tertiary/aromatic N) is 2. The van der Waals surface area contributed by atoms with E-state index in [-0.39, 0.29) is 18.3 Å². The Labute approximate surface area is 120 Å². The van der Waals surface area contributed by atoms with Crippen molar-refractivity contribution in [1.29, 1.82) is 0 Å². The van der Waals surface area contributed by atoms with Crippen LogP contribution >= 0.6 is 11.6 Å². The van der Waals surface area contributed by atoms with E-state index in [1.165, 1.54) is 0 Å². The van der Waals surface area contributed by atoms with Crippen LogP contribution in [-0.4, -0.2) is 27.2 Å². The summed E-state index contributed by atoms with van der Waals surface area (Å²) in [6.45, 7) is 5.55. The minimum atomic E-state index is -4.59. The molecule has 1 aromatic heterocycles. The fourth-order valence-electron chi connectivity index (χ4n) is 1.89. The van der Waals surface area contributed by atoms with E-state index >= 15 is 0 Å². The first-order chi connectivity index (χ1) is 8.99. The number of anilines is 1. The van der Waals surface area contributed by atoms with Gasteiger partial charge in [-0.1, -0.05) is 13.8 Å². The summed E-state index contributed by atoms with van der Waals surface area (Å²) >= 11 is 5.47. The lowest BCUT2D eigenvalue weighted by Gasteiger charge is -2.25. The van der Waals surface area contributed by atoms with Gasteiger partial charge in [0, 0.05) is 12.6 Å². The van der Waals surface area contributed by atoms with Gasteiger partial charge in [-0.25, -0.2) is 9.97 Å². The Morgan fingerprint density at radius 1 is 1.35 bits per heavy atom. The smallest absolute Gasteiger partial charge is 0.388 e. The molecule has 0 amide bonds. The predicted octanol–water partition coefficient (Wildman–Crippen LogP) is 3.36. The second-order valence-corrected chi connectivity index (χ2v) is 5.69. The van der Waals surface area contributed by atoms with Crippen LogP contribution < -0.4 is 5.32 Å². The summed E-state index contributed by atoms with van der Waals surface area (Å²) in [5.41, 5.74) is -2.17. The SMILES string of the molecule is CC(C)CC(C)(O)CNc1cc(C(F)(F)F)nc(Cl)n1. The number of alkyl halides is 3. The third-order valence-electron chi connectivity index (χ3n) is 2.49. The molecule has 0 fully saturated rings. The van der Waals surface area contributed by atoms with Crippen molar-refractivity contribution in [1.82, 2.24) is 9.97 Å². The molecule has 0 saturated carbocycles. The normalized spacial score (nSPS) is 15.2. The average Bonchev–Trinajstić information content (AvgIpc) is 2.23. The molecule has 8 heteroatoms. The Hall–Kier alpha value is -1.08. The van der Waals surface area contributed by atoms with Crippen molar-refractivity contribution in [3.05, 3.63) is 17.0 Å². The third-order valence-corrected chi connectivity index (χ3v) is 2.66. The molecular formula is C12H17ClF3N3O. The first-order valence-corrected chi connectivity index (χ1v) is 6.45. The van der Waals surface area contributed by atoms with Crippen LogP contribution in [0.25, 0.3) is 0 Å². The van der Waals surface area contributed by atoms with Crippen LogP contribution in [0.1, 0.15) is 32.9 Å². The minimum Gasteiger partial charge on any atom is -0.388 e.